The number of carbonyl (C=O) groups excluding carboxylic acids is 2. The Morgan fingerprint density at radius 2 is 0.663 bits per heavy atom. The number of likely N-dealkylation sites (N-methyl/N-ethyl adjacent to an activating group) is 1. The lowest BCUT2D eigenvalue weighted by Gasteiger charge is -2.24. The van der Waals surface area contributed by atoms with Crippen LogP contribution in [0.3, 0.4) is 0 Å². The zero-order valence-electron chi connectivity index (χ0n) is 56.8. The van der Waals surface area contributed by atoms with Crippen LogP contribution in [0, 0.1) is 0 Å². The Hall–Kier alpha value is -3.07. The third-order valence-corrected chi connectivity index (χ3v) is 16.6. The van der Waals surface area contributed by atoms with E-state index in [9.17, 15) is 19.0 Å². The Balaban J connectivity index is 3.97. The number of rotatable bonds is 66. The number of unbranched alkanes of at least 4 members (excludes halogenated alkanes) is 36. The van der Waals surface area contributed by atoms with Crippen LogP contribution in [0.25, 0.3) is 0 Å². The quantitative estimate of drug-likeness (QED) is 0.0211. The Morgan fingerprint density at radius 1 is 0.372 bits per heavy atom. The summed E-state index contributed by atoms with van der Waals surface area (Å²) in [6, 6.07) is 0. The van der Waals surface area contributed by atoms with Crippen molar-refractivity contribution in [2.24, 2.45) is 0 Å². The molecule has 0 fully saturated rings. The first kappa shape index (κ1) is 82.9. The molecule has 1 N–H and O–H groups in total. The molecule has 0 saturated heterocycles. The van der Waals surface area contributed by atoms with Crippen LogP contribution in [-0.4, -0.2) is 74.9 Å². The average molecular weight is 1220 g/mol. The van der Waals surface area contributed by atoms with Crippen molar-refractivity contribution in [3.63, 3.8) is 0 Å². The van der Waals surface area contributed by atoms with Gasteiger partial charge < -0.3 is 18.9 Å². The third-order valence-electron chi connectivity index (χ3n) is 15.6. The van der Waals surface area contributed by atoms with Gasteiger partial charge in [0, 0.05) is 12.8 Å². The molecular weight excluding hydrogens is 1090 g/mol. The first-order chi connectivity index (χ1) is 42.0. The van der Waals surface area contributed by atoms with Gasteiger partial charge in [0.05, 0.1) is 27.7 Å². The van der Waals surface area contributed by atoms with Crippen molar-refractivity contribution in [3.8, 4) is 0 Å². The Bertz CT molecular complexity index is 1770. The van der Waals surface area contributed by atoms with Crippen molar-refractivity contribution >= 4 is 19.8 Å². The fourth-order valence-corrected chi connectivity index (χ4v) is 10.9. The van der Waals surface area contributed by atoms with Gasteiger partial charge in [0.15, 0.2) is 6.10 Å². The number of ether oxygens (including phenoxy) is 2. The van der Waals surface area contributed by atoms with E-state index in [2.05, 4.69) is 111 Å². The lowest BCUT2D eigenvalue weighted by atomic mass is 10.0. The summed E-state index contributed by atoms with van der Waals surface area (Å²) in [4.78, 5) is 35.8. The lowest BCUT2D eigenvalue weighted by Crippen LogP contribution is -2.37. The van der Waals surface area contributed by atoms with Crippen LogP contribution in [0.4, 0.5) is 0 Å². The second-order valence-electron chi connectivity index (χ2n) is 25.2. The molecule has 2 atom stereocenters. The largest absolute Gasteiger partial charge is 0.472 e. The number of hydrogen-bond donors (Lipinski definition) is 1. The number of nitrogens with zero attached hydrogens (tertiary/aromatic N) is 1. The second-order valence-corrected chi connectivity index (χ2v) is 26.7. The van der Waals surface area contributed by atoms with Crippen LogP contribution >= 0.6 is 7.82 Å². The smallest absolute Gasteiger partial charge is 0.462 e. The fourth-order valence-electron chi connectivity index (χ4n) is 10.1. The predicted octanol–water partition coefficient (Wildman–Crippen LogP) is 23.5. The molecule has 0 radical (unpaired) electrons. The average Bonchev–Trinajstić information content (AvgIpc) is 3.56. The van der Waals surface area contributed by atoms with Crippen molar-refractivity contribution in [2.75, 3.05) is 47.5 Å². The molecule has 0 aliphatic rings. The number of phosphoric acid groups is 1. The molecule has 498 valence electrons. The maximum absolute atomic E-state index is 12.8. The number of quaternary nitrogens is 1. The van der Waals surface area contributed by atoms with E-state index in [1.54, 1.807) is 0 Å². The SMILES string of the molecule is CC/C=C\C/C=C\C/C=C\C/C=C\C/C=C\C/C=C\CCCCCCC(=O)OC(COC(=O)CCCCCCCCCCCCCCCCCCCCCCCCCCCCC/C=C\C/C=C\CCCCCCC)COP(=O)(O)OCC[N+](C)(C)C. The van der Waals surface area contributed by atoms with Gasteiger partial charge in [0.1, 0.15) is 19.8 Å². The van der Waals surface area contributed by atoms with E-state index in [0.29, 0.717) is 17.4 Å². The maximum Gasteiger partial charge on any atom is 0.472 e. The number of hydrogen-bond acceptors (Lipinski definition) is 7. The van der Waals surface area contributed by atoms with Gasteiger partial charge in [-0.05, 0) is 96.3 Å². The van der Waals surface area contributed by atoms with Crippen molar-refractivity contribution in [2.45, 2.75) is 328 Å². The van der Waals surface area contributed by atoms with Gasteiger partial charge in [-0.25, -0.2) is 4.57 Å². The minimum Gasteiger partial charge on any atom is -0.462 e. The summed E-state index contributed by atoms with van der Waals surface area (Å²) < 4.78 is 34.7. The highest BCUT2D eigenvalue weighted by molar-refractivity contribution is 7.47. The third kappa shape index (κ3) is 70.0. The van der Waals surface area contributed by atoms with Gasteiger partial charge in [0.25, 0.3) is 0 Å². The van der Waals surface area contributed by atoms with Gasteiger partial charge >= 0.3 is 19.8 Å². The zero-order valence-corrected chi connectivity index (χ0v) is 57.7. The monoisotopic (exact) mass is 1220 g/mol. The summed E-state index contributed by atoms with van der Waals surface area (Å²) in [7, 11) is 1.46. The van der Waals surface area contributed by atoms with E-state index in [0.717, 1.165) is 89.9 Å². The normalized spacial score (nSPS) is 13.7. The van der Waals surface area contributed by atoms with Gasteiger partial charge in [-0.1, -0.05) is 310 Å². The predicted molar refractivity (Wildman–Crippen MR) is 372 cm³/mol. The molecule has 2 unspecified atom stereocenters. The highest BCUT2D eigenvalue weighted by Gasteiger charge is 2.27. The maximum atomic E-state index is 12.8. The van der Waals surface area contributed by atoms with Gasteiger partial charge in [-0.2, -0.15) is 0 Å². The van der Waals surface area contributed by atoms with Crippen LogP contribution in [0.2, 0.25) is 0 Å². The molecule has 0 bridgehead atoms. The molecule has 0 rings (SSSR count). The standard InChI is InChI=1S/C76H136NO8P/c1-6-8-10-12-14-16-18-20-22-24-26-28-30-31-32-33-34-35-36-37-38-39-40-41-42-43-44-45-47-48-50-52-54-56-58-60-62-64-66-68-75(78)82-72-74(73-84-86(80,81)83-71-70-77(3,4)5)85-76(79)69-67-65-63-61-59-57-55-53-51-49-46-29-27-25-23-21-19-17-15-13-11-9-7-2/h9,11,15,17-18,20-21,23-24,26-27,29,49,51,55,57,74H,6-8,10,12-14,16,19,22,25,28,30-48,50,52-54,56,58-73H2,1-5H3/p+1/b11-9-,17-15-,20-18-,23-21-,26-24-,29-27-,51-49-,57-55-. The summed E-state index contributed by atoms with van der Waals surface area (Å²) in [5.41, 5.74) is 0. The minimum atomic E-state index is -4.40. The molecule has 0 aromatic carbocycles. The first-order valence-corrected chi connectivity index (χ1v) is 37.5. The van der Waals surface area contributed by atoms with Crippen LogP contribution in [-0.2, 0) is 32.7 Å². The molecule has 0 aliphatic heterocycles. The molecule has 86 heavy (non-hydrogen) atoms. The molecule has 0 heterocycles. The molecular formula is C76H137NO8P+. The summed E-state index contributed by atoms with van der Waals surface area (Å²) >= 11 is 0. The number of esters is 2. The Labute approximate surface area is 532 Å². The minimum absolute atomic E-state index is 0.0232. The van der Waals surface area contributed by atoms with E-state index in [1.807, 2.05) is 21.1 Å². The second kappa shape index (κ2) is 66.4. The summed E-state index contributed by atoms with van der Waals surface area (Å²) in [5.74, 6) is -0.820. The van der Waals surface area contributed by atoms with Crippen LogP contribution < -0.4 is 0 Å². The Kier molecular flexibility index (Phi) is 64.0. The summed E-state index contributed by atoms with van der Waals surface area (Å²) in [6.45, 7) is 4.30. The van der Waals surface area contributed by atoms with Crippen LogP contribution in [0.15, 0.2) is 97.2 Å². The van der Waals surface area contributed by atoms with E-state index in [-0.39, 0.29) is 32.0 Å². The highest BCUT2D eigenvalue weighted by Crippen LogP contribution is 2.43. The number of allylic oxidation sites excluding steroid dienone is 16. The molecule has 0 spiro atoms. The van der Waals surface area contributed by atoms with E-state index in [1.165, 1.54) is 199 Å². The molecule has 9 nitrogen and oxygen atoms in total. The molecule has 0 aromatic rings. The molecule has 0 amide bonds. The lowest BCUT2D eigenvalue weighted by molar-refractivity contribution is -0.870. The topological polar surface area (TPSA) is 108 Å². The first-order valence-electron chi connectivity index (χ1n) is 36.0. The molecule has 0 saturated carbocycles. The zero-order chi connectivity index (χ0) is 62.6. The van der Waals surface area contributed by atoms with Gasteiger partial charge in [-0.15, -0.1) is 0 Å². The summed E-state index contributed by atoms with van der Waals surface area (Å²) in [5, 5.41) is 0. The van der Waals surface area contributed by atoms with Gasteiger partial charge in [-0.3, -0.25) is 18.6 Å². The van der Waals surface area contributed by atoms with Gasteiger partial charge in [0.2, 0.25) is 0 Å². The Morgan fingerprint density at radius 3 is 0.988 bits per heavy atom. The van der Waals surface area contributed by atoms with E-state index >= 15 is 0 Å². The fraction of sp³-hybridized carbons (Fsp3) is 0.763. The summed E-state index contributed by atoms with van der Waals surface area (Å²) in [6.07, 6.45) is 92.5. The number of phosphoric ester groups is 1. The van der Waals surface area contributed by atoms with Crippen molar-refractivity contribution in [1.29, 1.82) is 0 Å². The van der Waals surface area contributed by atoms with Crippen LogP contribution in [0.5, 0.6) is 0 Å². The molecule has 0 aromatic heterocycles. The number of carbonyl (C=O) groups is 2. The molecule has 0 aliphatic carbocycles. The van der Waals surface area contributed by atoms with Crippen molar-refractivity contribution in [1.82, 2.24) is 0 Å². The molecule has 10 heteroatoms. The highest BCUT2D eigenvalue weighted by atomic mass is 31.2. The van der Waals surface area contributed by atoms with E-state index in [4.69, 9.17) is 18.5 Å². The van der Waals surface area contributed by atoms with Crippen molar-refractivity contribution < 1.29 is 42.1 Å². The van der Waals surface area contributed by atoms with Crippen molar-refractivity contribution in [3.05, 3.63) is 97.2 Å². The van der Waals surface area contributed by atoms with Crippen LogP contribution in [0.1, 0.15) is 322 Å². The van der Waals surface area contributed by atoms with E-state index < -0.39 is 26.5 Å².